The molecule has 0 N–H and O–H groups in total. The van der Waals surface area contributed by atoms with Gasteiger partial charge in [-0.2, -0.15) is 0 Å². The number of fused-ring (bicyclic) bond motifs is 3. The van der Waals surface area contributed by atoms with E-state index < -0.39 is 0 Å². The quantitative estimate of drug-likeness (QED) is 0.645. The predicted molar refractivity (Wildman–Crippen MR) is 106 cm³/mol. The van der Waals surface area contributed by atoms with Crippen molar-refractivity contribution in [3.8, 4) is 0 Å². The summed E-state index contributed by atoms with van der Waals surface area (Å²) in [5.41, 5.74) is 7.27. The van der Waals surface area contributed by atoms with Crippen molar-refractivity contribution in [3.63, 3.8) is 0 Å². The minimum absolute atomic E-state index is 0.476. The van der Waals surface area contributed by atoms with E-state index in [1.165, 1.54) is 22.0 Å². The van der Waals surface area contributed by atoms with Crippen molar-refractivity contribution in [2.24, 2.45) is 0 Å². The van der Waals surface area contributed by atoms with Gasteiger partial charge in [-0.25, -0.2) is 0 Å². The SMILES string of the molecule is Cc1cccc(CCn2c3c(c4ccccc42)C(C)N(C)C(C)C3)c1. The molecule has 1 aliphatic rings. The zero-order valence-corrected chi connectivity index (χ0v) is 15.8. The molecule has 0 saturated carbocycles. The summed E-state index contributed by atoms with van der Waals surface area (Å²) >= 11 is 0. The molecule has 3 aromatic rings. The maximum Gasteiger partial charge on any atom is 0.0486 e. The fourth-order valence-electron chi connectivity index (χ4n) is 4.44. The molecule has 130 valence electrons. The molecule has 4 rings (SSSR count). The lowest BCUT2D eigenvalue weighted by atomic mass is 9.93. The fourth-order valence-corrected chi connectivity index (χ4v) is 4.44. The van der Waals surface area contributed by atoms with Crippen molar-refractivity contribution < 1.29 is 0 Å². The molecule has 0 spiro atoms. The maximum absolute atomic E-state index is 2.59. The van der Waals surface area contributed by atoms with Crippen LogP contribution in [0, 0.1) is 6.92 Å². The highest BCUT2D eigenvalue weighted by Crippen LogP contribution is 2.39. The fraction of sp³-hybridized carbons (Fsp3) is 0.391. The summed E-state index contributed by atoms with van der Waals surface area (Å²) in [4.78, 5) is 2.51. The van der Waals surface area contributed by atoms with Crippen LogP contribution in [0.4, 0.5) is 0 Å². The number of aromatic nitrogens is 1. The first-order chi connectivity index (χ1) is 12.1. The molecule has 0 amide bonds. The molecule has 2 nitrogen and oxygen atoms in total. The van der Waals surface area contributed by atoms with E-state index in [1.807, 2.05) is 0 Å². The number of aryl methyl sites for hydroxylation is 3. The smallest absolute Gasteiger partial charge is 0.0486 e. The summed E-state index contributed by atoms with van der Waals surface area (Å²) in [7, 11) is 2.26. The Hall–Kier alpha value is -2.06. The van der Waals surface area contributed by atoms with Gasteiger partial charge in [0.25, 0.3) is 0 Å². The Labute approximate surface area is 151 Å². The second kappa shape index (κ2) is 6.34. The number of likely N-dealkylation sites (N-methyl/N-ethyl adjacent to an activating group) is 1. The van der Waals surface area contributed by atoms with E-state index in [0.29, 0.717) is 12.1 Å². The van der Waals surface area contributed by atoms with Gasteiger partial charge in [-0.05, 0) is 51.4 Å². The van der Waals surface area contributed by atoms with Gasteiger partial charge >= 0.3 is 0 Å². The molecule has 25 heavy (non-hydrogen) atoms. The Kier molecular flexibility index (Phi) is 4.16. The molecule has 2 heterocycles. The molecule has 2 heteroatoms. The van der Waals surface area contributed by atoms with Gasteiger partial charge in [0.2, 0.25) is 0 Å². The first-order valence-electron chi connectivity index (χ1n) is 9.43. The largest absolute Gasteiger partial charge is 0.344 e. The Morgan fingerprint density at radius 1 is 1.04 bits per heavy atom. The minimum atomic E-state index is 0.476. The van der Waals surface area contributed by atoms with Crippen molar-refractivity contribution in [2.75, 3.05) is 7.05 Å². The van der Waals surface area contributed by atoms with E-state index in [2.05, 4.69) is 85.8 Å². The molecular formula is C23H28N2. The second-order valence-corrected chi connectivity index (χ2v) is 7.66. The minimum Gasteiger partial charge on any atom is -0.344 e. The third kappa shape index (κ3) is 2.79. The monoisotopic (exact) mass is 332 g/mol. The molecule has 1 aliphatic heterocycles. The van der Waals surface area contributed by atoms with Crippen molar-refractivity contribution >= 4 is 10.9 Å². The first-order valence-corrected chi connectivity index (χ1v) is 9.43. The predicted octanol–water partition coefficient (Wildman–Crippen LogP) is 5.13. The molecule has 0 fully saturated rings. The molecular weight excluding hydrogens is 304 g/mol. The molecule has 1 aromatic heterocycles. The van der Waals surface area contributed by atoms with Crippen LogP contribution in [0.3, 0.4) is 0 Å². The molecule has 0 radical (unpaired) electrons. The number of hydrogen-bond donors (Lipinski definition) is 0. The third-order valence-electron chi connectivity index (χ3n) is 6.04. The van der Waals surface area contributed by atoms with Crippen LogP contribution in [0.1, 0.15) is 42.3 Å². The van der Waals surface area contributed by atoms with E-state index in [0.717, 1.165) is 19.4 Å². The molecule has 2 unspecified atom stereocenters. The second-order valence-electron chi connectivity index (χ2n) is 7.66. The van der Waals surface area contributed by atoms with Gasteiger partial charge in [0.15, 0.2) is 0 Å². The van der Waals surface area contributed by atoms with Crippen molar-refractivity contribution in [3.05, 3.63) is 70.9 Å². The van der Waals surface area contributed by atoms with Crippen LogP contribution in [0.2, 0.25) is 0 Å². The number of rotatable bonds is 3. The Morgan fingerprint density at radius 3 is 2.64 bits per heavy atom. The summed E-state index contributed by atoms with van der Waals surface area (Å²) in [6, 6.07) is 18.9. The summed E-state index contributed by atoms with van der Waals surface area (Å²) in [5, 5.41) is 1.44. The van der Waals surface area contributed by atoms with Gasteiger partial charge < -0.3 is 4.57 Å². The summed E-state index contributed by atoms with van der Waals surface area (Å²) in [6.07, 6.45) is 2.23. The highest BCUT2D eigenvalue weighted by molar-refractivity contribution is 5.86. The van der Waals surface area contributed by atoms with Gasteiger partial charge in [-0.1, -0.05) is 48.0 Å². The zero-order chi connectivity index (χ0) is 17.6. The van der Waals surface area contributed by atoms with E-state index in [9.17, 15) is 0 Å². The van der Waals surface area contributed by atoms with E-state index in [1.54, 1.807) is 11.3 Å². The molecule has 2 aromatic carbocycles. The van der Waals surface area contributed by atoms with Gasteiger partial charge in [0.1, 0.15) is 0 Å². The average molecular weight is 332 g/mol. The van der Waals surface area contributed by atoms with Gasteiger partial charge in [0, 0.05) is 41.6 Å². The van der Waals surface area contributed by atoms with Crippen LogP contribution in [-0.2, 0) is 19.4 Å². The Bertz CT molecular complexity index is 906. The van der Waals surface area contributed by atoms with Crippen molar-refractivity contribution in [2.45, 2.75) is 52.2 Å². The van der Waals surface area contributed by atoms with Crippen LogP contribution in [-0.4, -0.2) is 22.6 Å². The maximum atomic E-state index is 2.59. The number of hydrogen-bond acceptors (Lipinski definition) is 1. The van der Waals surface area contributed by atoms with Crippen LogP contribution in [0.25, 0.3) is 10.9 Å². The molecule has 2 atom stereocenters. The summed E-state index contributed by atoms with van der Waals surface area (Å²) in [6.45, 7) is 7.94. The van der Waals surface area contributed by atoms with Gasteiger partial charge in [0.05, 0.1) is 0 Å². The van der Waals surface area contributed by atoms with Gasteiger partial charge in [-0.3, -0.25) is 4.90 Å². The lowest BCUT2D eigenvalue weighted by Gasteiger charge is -2.36. The Balaban J connectivity index is 1.77. The molecule has 0 bridgehead atoms. The van der Waals surface area contributed by atoms with Gasteiger partial charge in [-0.15, -0.1) is 0 Å². The lowest BCUT2D eigenvalue weighted by Crippen LogP contribution is -2.38. The standard InChI is InChI=1S/C23H28N2/c1-16-8-7-9-19(14-16)12-13-25-21-11-6-5-10-20(21)23-18(3)24(4)17(2)15-22(23)25/h5-11,14,17-18H,12-13,15H2,1-4H3. The van der Waals surface area contributed by atoms with Crippen molar-refractivity contribution in [1.82, 2.24) is 9.47 Å². The van der Waals surface area contributed by atoms with Crippen LogP contribution in [0.5, 0.6) is 0 Å². The third-order valence-corrected chi connectivity index (χ3v) is 6.04. The lowest BCUT2D eigenvalue weighted by molar-refractivity contribution is 0.177. The molecule has 0 saturated heterocycles. The first kappa shape index (κ1) is 16.4. The van der Waals surface area contributed by atoms with Crippen LogP contribution in [0.15, 0.2) is 48.5 Å². The van der Waals surface area contributed by atoms with E-state index >= 15 is 0 Å². The highest BCUT2D eigenvalue weighted by Gasteiger charge is 2.31. The van der Waals surface area contributed by atoms with Crippen molar-refractivity contribution in [1.29, 1.82) is 0 Å². The van der Waals surface area contributed by atoms with Crippen LogP contribution < -0.4 is 0 Å². The Morgan fingerprint density at radius 2 is 1.84 bits per heavy atom. The van der Waals surface area contributed by atoms with E-state index in [-0.39, 0.29) is 0 Å². The number of para-hydroxylation sites is 1. The average Bonchev–Trinajstić information content (AvgIpc) is 2.91. The normalized spacial score (nSPS) is 20.8. The van der Waals surface area contributed by atoms with E-state index in [4.69, 9.17) is 0 Å². The topological polar surface area (TPSA) is 8.17 Å². The summed E-state index contributed by atoms with van der Waals surface area (Å²) in [5.74, 6) is 0. The molecule has 0 aliphatic carbocycles. The van der Waals surface area contributed by atoms with Crippen LogP contribution >= 0.6 is 0 Å². The number of benzene rings is 2. The summed E-state index contributed by atoms with van der Waals surface area (Å²) < 4.78 is 2.59. The zero-order valence-electron chi connectivity index (χ0n) is 15.8. The number of nitrogens with zero attached hydrogens (tertiary/aromatic N) is 2. The highest BCUT2D eigenvalue weighted by atomic mass is 15.2.